The van der Waals surface area contributed by atoms with Gasteiger partial charge in [-0.3, -0.25) is 10.1 Å². The minimum absolute atomic E-state index is 0. The van der Waals surface area contributed by atoms with Crippen LogP contribution >= 0.6 is 12.4 Å². The molecule has 4 N–H and O–H groups in total. The van der Waals surface area contributed by atoms with Crippen molar-refractivity contribution in [1.82, 2.24) is 10.6 Å². The Hall–Kier alpha value is -1.95. The van der Waals surface area contributed by atoms with Crippen LogP contribution < -0.4 is 21.3 Å². The summed E-state index contributed by atoms with van der Waals surface area (Å²) in [6, 6.07) is 5.19. The van der Waals surface area contributed by atoms with Gasteiger partial charge in [-0.05, 0) is 50.3 Å². The summed E-state index contributed by atoms with van der Waals surface area (Å²) in [6.07, 6.45) is 7.38. The normalized spacial score (nSPS) is 18.3. The third-order valence-electron chi connectivity index (χ3n) is 5.35. The highest BCUT2D eigenvalue weighted by atomic mass is 35.5. The molecule has 0 spiro atoms. The fraction of sp³-hybridized carbons (Fsp3) is 0.579. The van der Waals surface area contributed by atoms with E-state index in [0.717, 1.165) is 62.0 Å². The Morgan fingerprint density at radius 2 is 1.92 bits per heavy atom. The Kier molecular flexibility index (Phi) is 7.14. The van der Waals surface area contributed by atoms with Crippen molar-refractivity contribution in [3.63, 3.8) is 0 Å². The van der Waals surface area contributed by atoms with Crippen LogP contribution in [0.15, 0.2) is 18.2 Å². The van der Waals surface area contributed by atoms with E-state index in [9.17, 15) is 9.59 Å². The van der Waals surface area contributed by atoms with E-state index in [1.807, 2.05) is 30.0 Å². The topological polar surface area (TPSA) is 87.5 Å². The molecule has 1 heterocycles. The van der Waals surface area contributed by atoms with E-state index in [0.29, 0.717) is 0 Å². The van der Waals surface area contributed by atoms with Gasteiger partial charge in [-0.15, -0.1) is 12.4 Å². The highest BCUT2D eigenvalue weighted by Gasteiger charge is 2.28. The number of carbonyl (C=O) groups is 2. The minimum Gasteiger partial charge on any atom is -0.398 e. The number of nitrogens with zero attached hydrogens (tertiary/aromatic N) is 1. The lowest BCUT2D eigenvalue weighted by atomic mass is 9.96. The maximum atomic E-state index is 12.5. The molecular formula is C19H29ClN4O2. The zero-order valence-electron chi connectivity index (χ0n) is 15.3. The third kappa shape index (κ3) is 4.61. The molecule has 3 amide bonds. The Morgan fingerprint density at radius 3 is 2.65 bits per heavy atom. The van der Waals surface area contributed by atoms with Crippen LogP contribution in [-0.4, -0.2) is 30.6 Å². The quantitative estimate of drug-likeness (QED) is 0.703. The lowest BCUT2D eigenvalue weighted by Gasteiger charge is -2.36. The summed E-state index contributed by atoms with van der Waals surface area (Å²) in [7, 11) is 0. The van der Waals surface area contributed by atoms with E-state index in [1.165, 1.54) is 6.42 Å². The average molecular weight is 381 g/mol. The molecule has 3 rings (SSSR count). The van der Waals surface area contributed by atoms with Crippen molar-refractivity contribution in [1.29, 1.82) is 0 Å². The summed E-state index contributed by atoms with van der Waals surface area (Å²) in [4.78, 5) is 26.7. The van der Waals surface area contributed by atoms with Crippen molar-refractivity contribution >= 4 is 35.7 Å². The van der Waals surface area contributed by atoms with Crippen LogP contribution in [0.2, 0.25) is 0 Å². The predicted molar refractivity (Wildman–Crippen MR) is 107 cm³/mol. The summed E-state index contributed by atoms with van der Waals surface area (Å²) < 4.78 is 0. The van der Waals surface area contributed by atoms with Gasteiger partial charge in [0.1, 0.15) is 6.04 Å². The largest absolute Gasteiger partial charge is 0.398 e. The molecule has 0 aromatic heterocycles. The third-order valence-corrected chi connectivity index (χ3v) is 5.35. The lowest BCUT2D eigenvalue weighted by Crippen LogP contribution is -2.52. The summed E-state index contributed by atoms with van der Waals surface area (Å²) in [6.45, 7) is 2.62. The molecule has 1 aliphatic heterocycles. The Balaban J connectivity index is 0.00000243. The molecule has 2 aliphatic rings. The number of rotatable bonds is 3. The first kappa shape index (κ1) is 20.4. The van der Waals surface area contributed by atoms with Crippen molar-refractivity contribution in [2.24, 2.45) is 0 Å². The number of carbonyl (C=O) groups excluding carboxylic acids is 2. The fourth-order valence-corrected chi connectivity index (χ4v) is 3.91. The zero-order chi connectivity index (χ0) is 17.8. The van der Waals surface area contributed by atoms with Crippen molar-refractivity contribution < 1.29 is 9.59 Å². The predicted octanol–water partition coefficient (Wildman–Crippen LogP) is 2.99. The van der Waals surface area contributed by atoms with E-state index in [4.69, 9.17) is 5.73 Å². The molecule has 1 aliphatic carbocycles. The number of nitrogen functional groups attached to an aromatic ring is 1. The second-order valence-electron chi connectivity index (χ2n) is 7.12. The maximum Gasteiger partial charge on any atom is 0.321 e. The van der Waals surface area contributed by atoms with Crippen LogP contribution in [-0.2, 0) is 11.2 Å². The molecule has 1 aromatic rings. The highest BCUT2D eigenvalue weighted by molar-refractivity contribution is 5.98. The zero-order valence-corrected chi connectivity index (χ0v) is 16.1. The van der Waals surface area contributed by atoms with E-state index >= 15 is 0 Å². The summed E-state index contributed by atoms with van der Waals surface area (Å²) in [5, 5.41) is 5.43. The number of hydrogen-bond acceptors (Lipinski definition) is 4. The standard InChI is InChI=1S/C19H28N4O2.ClH/c1-13(18(24)22-19(25)21-14-7-3-2-4-8-14)23-12-6-9-15-16(20)10-5-11-17(15)23;/h5,10-11,13-14H,2-4,6-9,12,20H2,1H3,(H2,21,22,24,25);1H. The number of anilines is 2. The van der Waals surface area contributed by atoms with Gasteiger partial charge in [0.15, 0.2) is 0 Å². The van der Waals surface area contributed by atoms with E-state index in [2.05, 4.69) is 10.6 Å². The Morgan fingerprint density at radius 1 is 1.19 bits per heavy atom. The van der Waals surface area contributed by atoms with Gasteiger partial charge in [-0.2, -0.15) is 0 Å². The molecule has 1 unspecified atom stereocenters. The van der Waals surface area contributed by atoms with Crippen LogP contribution in [0.4, 0.5) is 16.2 Å². The van der Waals surface area contributed by atoms with E-state index in [-0.39, 0.29) is 30.4 Å². The van der Waals surface area contributed by atoms with Gasteiger partial charge in [0.2, 0.25) is 5.91 Å². The SMILES string of the molecule is CC(C(=O)NC(=O)NC1CCCCC1)N1CCCc2c(N)cccc21.Cl. The van der Waals surface area contributed by atoms with Crippen molar-refractivity contribution in [2.75, 3.05) is 17.2 Å². The minimum atomic E-state index is -0.419. The first-order valence-corrected chi connectivity index (χ1v) is 9.31. The average Bonchev–Trinajstić information content (AvgIpc) is 2.62. The van der Waals surface area contributed by atoms with Gasteiger partial charge in [-0.25, -0.2) is 4.79 Å². The first-order valence-electron chi connectivity index (χ1n) is 9.31. The van der Waals surface area contributed by atoms with Gasteiger partial charge in [-0.1, -0.05) is 25.3 Å². The number of fused-ring (bicyclic) bond motifs is 1. The molecule has 1 atom stereocenters. The van der Waals surface area contributed by atoms with Gasteiger partial charge < -0.3 is 16.0 Å². The number of benzene rings is 1. The molecule has 1 saturated carbocycles. The molecule has 0 bridgehead atoms. The van der Waals surface area contributed by atoms with Crippen LogP contribution in [0.1, 0.15) is 51.0 Å². The van der Waals surface area contributed by atoms with E-state index in [1.54, 1.807) is 0 Å². The number of hydrogen-bond donors (Lipinski definition) is 3. The second-order valence-corrected chi connectivity index (χ2v) is 7.12. The summed E-state index contributed by atoms with van der Waals surface area (Å²) in [5.74, 6) is -0.274. The molecule has 6 nitrogen and oxygen atoms in total. The first-order chi connectivity index (χ1) is 12.1. The van der Waals surface area contributed by atoms with Gasteiger partial charge in [0.25, 0.3) is 0 Å². The molecular weight excluding hydrogens is 352 g/mol. The molecule has 7 heteroatoms. The number of halogens is 1. The Bertz CT molecular complexity index is 646. The molecule has 26 heavy (non-hydrogen) atoms. The molecule has 1 fully saturated rings. The number of nitrogens with one attached hydrogen (secondary N) is 2. The number of amides is 3. The summed E-state index contributed by atoms with van der Waals surface area (Å²) in [5.41, 5.74) is 8.94. The van der Waals surface area contributed by atoms with Crippen LogP contribution in [0.5, 0.6) is 0 Å². The molecule has 144 valence electrons. The van der Waals surface area contributed by atoms with Crippen LogP contribution in [0.25, 0.3) is 0 Å². The molecule has 0 radical (unpaired) electrons. The van der Waals surface area contributed by atoms with Crippen LogP contribution in [0, 0.1) is 0 Å². The maximum absolute atomic E-state index is 12.5. The van der Waals surface area contributed by atoms with Gasteiger partial charge >= 0.3 is 6.03 Å². The smallest absolute Gasteiger partial charge is 0.321 e. The molecule has 0 saturated heterocycles. The summed E-state index contributed by atoms with van der Waals surface area (Å²) >= 11 is 0. The van der Waals surface area contributed by atoms with Crippen LogP contribution in [0.3, 0.4) is 0 Å². The number of nitrogens with two attached hydrogens (primary N) is 1. The number of imide groups is 1. The monoisotopic (exact) mass is 380 g/mol. The Labute approximate surface area is 161 Å². The van der Waals surface area contributed by atoms with Crippen molar-refractivity contribution in [3.05, 3.63) is 23.8 Å². The number of urea groups is 1. The molecule has 1 aromatic carbocycles. The van der Waals surface area contributed by atoms with Crippen molar-refractivity contribution in [3.8, 4) is 0 Å². The van der Waals surface area contributed by atoms with Gasteiger partial charge in [0, 0.05) is 24.0 Å². The van der Waals surface area contributed by atoms with E-state index < -0.39 is 6.04 Å². The second kappa shape index (κ2) is 9.12. The lowest BCUT2D eigenvalue weighted by molar-refractivity contribution is -0.121. The fourth-order valence-electron chi connectivity index (χ4n) is 3.91. The van der Waals surface area contributed by atoms with Gasteiger partial charge in [0.05, 0.1) is 0 Å². The van der Waals surface area contributed by atoms with Crippen molar-refractivity contribution in [2.45, 2.75) is 64.0 Å². The highest BCUT2D eigenvalue weighted by Crippen LogP contribution is 2.32.